The Kier molecular flexibility index (Phi) is 7.86. The number of hydrogen-bond acceptors (Lipinski definition) is 4. The number of halogens is 2. The molecule has 0 heterocycles. The first-order valence-electron chi connectivity index (χ1n) is 10.3. The minimum atomic E-state index is -1.18. The fourth-order valence-electron chi connectivity index (χ4n) is 3.00. The zero-order valence-electron chi connectivity index (χ0n) is 18.1. The van der Waals surface area contributed by atoms with Gasteiger partial charge >= 0.3 is 6.03 Å². The lowest BCUT2D eigenvalue weighted by Crippen LogP contribution is -2.35. The van der Waals surface area contributed by atoms with Crippen molar-refractivity contribution in [1.29, 1.82) is 0 Å². The number of imide groups is 1. The van der Waals surface area contributed by atoms with Crippen molar-refractivity contribution >= 4 is 23.3 Å². The quantitative estimate of drug-likeness (QED) is 0.368. The molecule has 0 bridgehead atoms. The summed E-state index contributed by atoms with van der Waals surface area (Å²) in [7, 11) is 0. The van der Waals surface area contributed by atoms with Gasteiger partial charge in [-0.2, -0.15) is 0 Å². The molecule has 0 saturated heterocycles. The summed E-state index contributed by atoms with van der Waals surface area (Å²) in [6.45, 7) is 4.29. The molecule has 0 atom stereocenters. The predicted molar refractivity (Wildman–Crippen MR) is 122 cm³/mol. The molecule has 3 amide bonds. The third-order valence-electron chi connectivity index (χ3n) is 4.64. The third-order valence-corrected chi connectivity index (χ3v) is 4.64. The number of benzene rings is 3. The number of urea groups is 1. The second kappa shape index (κ2) is 11.0. The summed E-state index contributed by atoms with van der Waals surface area (Å²) in [6.07, 6.45) is 0. The van der Waals surface area contributed by atoms with Crippen molar-refractivity contribution in [3.8, 4) is 0 Å². The third kappa shape index (κ3) is 6.46. The summed E-state index contributed by atoms with van der Waals surface area (Å²) in [5.41, 5.74) is 2.19. The molecule has 0 aliphatic carbocycles. The van der Waals surface area contributed by atoms with Crippen LogP contribution >= 0.6 is 0 Å². The first kappa shape index (κ1) is 23.6. The zero-order chi connectivity index (χ0) is 23.8. The molecule has 0 aliphatic heterocycles. The van der Waals surface area contributed by atoms with Crippen LogP contribution in [0.2, 0.25) is 0 Å². The van der Waals surface area contributed by atoms with Gasteiger partial charge in [0.05, 0.1) is 5.71 Å². The van der Waals surface area contributed by atoms with E-state index in [9.17, 15) is 18.4 Å². The molecule has 0 fully saturated rings. The summed E-state index contributed by atoms with van der Waals surface area (Å²) >= 11 is 0. The molecule has 0 radical (unpaired) electrons. The summed E-state index contributed by atoms with van der Waals surface area (Å²) in [5.74, 6) is -3.11. The van der Waals surface area contributed by atoms with E-state index in [-0.39, 0.29) is 12.5 Å². The summed E-state index contributed by atoms with van der Waals surface area (Å²) in [6, 6.07) is 18.5. The zero-order valence-corrected chi connectivity index (χ0v) is 18.1. The van der Waals surface area contributed by atoms with E-state index >= 15 is 0 Å². The Morgan fingerprint density at radius 3 is 2.15 bits per heavy atom. The van der Waals surface area contributed by atoms with Gasteiger partial charge in [-0.15, -0.1) is 0 Å². The Hall–Kier alpha value is -4.07. The SMILES string of the molecule is CC(C)/C(=N/OCc1ccc(NC(=O)NC(=O)c2c(F)cccc2F)cc1)c1ccccc1. The van der Waals surface area contributed by atoms with Crippen molar-refractivity contribution in [1.82, 2.24) is 5.32 Å². The van der Waals surface area contributed by atoms with Crippen LogP contribution in [0, 0.1) is 17.6 Å². The van der Waals surface area contributed by atoms with E-state index in [2.05, 4.69) is 10.5 Å². The number of nitrogens with zero attached hydrogens (tertiary/aromatic N) is 1. The molecule has 0 unspecified atom stereocenters. The van der Waals surface area contributed by atoms with Crippen LogP contribution in [-0.2, 0) is 11.4 Å². The summed E-state index contributed by atoms with van der Waals surface area (Å²) in [5, 5.41) is 8.61. The van der Waals surface area contributed by atoms with Crippen LogP contribution in [0.15, 0.2) is 78.0 Å². The molecule has 170 valence electrons. The highest BCUT2D eigenvalue weighted by Gasteiger charge is 2.19. The summed E-state index contributed by atoms with van der Waals surface area (Å²) < 4.78 is 27.3. The molecule has 3 aromatic carbocycles. The number of anilines is 1. The van der Waals surface area contributed by atoms with Crippen LogP contribution in [0.25, 0.3) is 0 Å². The average molecular weight is 451 g/mol. The van der Waals surface area contributed by atoms with Gasteiger partial charge in [-0.3, -0.25) is 10.1 Å². The van der Waals surface area contributed by atoms with E-state index in [4.69, 9.17) is 4.84 Å². The van der Waals surface area contributed by atoms with Crippen LogP contribution in [0.4, 0.5) is 19.3 Å². The van der Waals surface area contributed by atoms with E-state index in [1.165, 1.54) is 0 Å². The molecule has 0 saturated carbocycles. The second-order valence-corrected chi connectivity index (χ2v) is 7.47. The molecule has 6 nitrogen and oxygen atoms in total. The van der Waals surface area contributed by atoms with Crippen LogP contribution in [-0.4, -0.2) is 17.6 Å². The Labute approximate surface area is 190 Å². The molecule has 33 heavy (non-hydrogen) atoms. The number of rotatable bonds is 7. The minimum absolute atomic E-state index is 0.179. The van der Waals surface area contributed by atoms with Crippen LogP contribution in [0.3, 0.4) is 0 Å². The standard InChI is InChI=1S/C25H23F2N3O3/c1-16(2)23(18-7-4-3-5-8-18)30-33-15-17-11-13-19(14-12-17)28-25(32)29-24(31)22-20(26)9-6-10-21(22)27/h3-14,16H,15H2,1-2H3,(H2,28,29,31,32)/b30-23-. The molecular weight excluding hydrogens is 428 g/mol. The largest absolute Gasteiger partial charge is 0.391 e. The number of nitrogens with one attached hydrogen (secondary N) is 2. The van der Waals surface area contributed by atoms with E-state index in [0.717, 1.165) is 35.0 Å². The van der Waals surface area contributed by atoms with Gasteiger partial charge in [-0.25, -0.2) is 13.6 Å². The number of oxime groups is 1. The highest BCUT2D eigenvalue weighted by Crippen LogP contribution is 2.14. The first-order chi connectivity index (χ1) is 15.8. The van der Waals surface area contributed by atoms with Gasteiger partial charge in [-0.05, 0) is 41.3 Å². The molecule has 0 aromatic heterocycles. The summed E-state index contributed by atoms with van der Waals surface area (Å²) in [4.78, 5) is 29.5. The Morgan fingerprint density at radius 2 is 1.55 bits per heavy atom. The van der Waals surface area contributed by atoms with Gasteiger partial charge in [0.1, 0.15) is 23.8 Å². The highest BCUT2D eigenvalue weighted by molar-refractivity contribution is 6.08. The normalized spacial score (nSPS) is 11.2. The molecule has 3 rings (SSSR count). The fourth-order valence-corrected chi connectivity index (χ4v) is 3.00. The molecule has 8 heteroatoms. The number of carbonyl (C=O) groups is 2. The van der Waals surface area contributed by atoms with E-state index < -0.39 is 29.1 Å². The monoisotopic (exact) mass is 451 g/mol. The predicted octanol–water partition coefficient (Wildman–Crippen LogP) is 5.50. The maximum Gasteiger partial charge on any atom is 0.326 e. The van der Waals surface area contributed by atoms with Crippen molar-refractivity contribution in [2.24, 2.45) is 11.1 Å². The van der Waals surface area contributed by atoms with Gasteiger partial charge < -0.3 is 10.2 Å². The molecule has 2 N–H and O–H groups in total. The van der Waals surface area contributed by atoms with Crippen molar-refractivity contribution in [3.05, 3.63) is 101 Å². The Morgan fingerprint density at radius 1 is 0.909 bits per heavy atom. The van der Waals surface area contributed by atoms with Crippen molar-refractivity contribution in [2.45, 2.75) is 20.5 Å². The van der Waals surface area contributed by atoms with Gasteiger partial charge in [0, 0.05) is 5.69 Å². The lowest BCUT2D eigenvalue weighted by atomic mass is 10.0. The van der Waals surface area contributed by atoms with Crippen molar-refractivity contribution in [3.63, 3.8) is 0 Å². The van der Waals surface area contributed by atoms with Gasteiger partial charge in [-0.1, -0.05) is 67.5 Å². The maximum absolute atomic E-state index is 13.7. The molecule has 0 aliphatic rings. The van der Waals surface area contributed by atoms with Crippen LogP contribution in [0.1, 0.15) is 35.3 Å². The van der Waals surface area contributed by atoms with Crippen LogP contribution < -0.4 is 10.6 Å². The topological polar surface area (TPSA) is 79.8 Å². The van der Waals surface area contributed by atoms with Gasteiger partial charge in [0.15, 0.2) is 0 Å². The Balaban J connectivity index is 1.55. The van der Waals surface area contributed by atoms with E-state index in [1.54, 1.807) is 24.3 Å². The van der Waals surface area contributed by atoms with E-state index in [0.29, 0.717) is 5.69 Å². The lowest BCUT2D eigenvalue weighted by Gasteiger charge is -2.11. The smallest absolute Gasteiger partial charge is 0.326 e. The first-order valence-corrected chi connectivity index (χ1v) is 10.3. The van der Waals surface area contributed by atoms with Gasteiger partial charge in [0.2, 0.25) is 0 Å². The van der Waals surface area contributed by atoms with Crippen molar-refractivity contribution in [2.75, 3.05) is 5.32 Å². The molecular formula is C25H23F2N3O3. The minimum Gasteiger partial charge on any atom is -0.391 e. The van der Waals surface area contributed by atoms with Crippen LogP contribution in [0.5, 0.6) is 0 Å². The number of hydrogen-bond donors (Lipinski definition) is 2. The number of amides is 3. The second-order valence-electron chi connectivity index (χ2n) is 7.47. The van der Waals surface area contributed by atoms with Crippen molar-refractivity contribution < 1.29 is 23.2 Å². The van der Waals surface area contributed by atoms with E-state index in [1.807, 2.05) is 49.5 Å². The van der Waals surface area contributed by atoms with Gasteiger partial charge in [0.25, 0.3) is 5.91 Å². The highest BCUT2D eigenvalue weighted by atomic mass is 19.1. The lowest BCUT2D eigenvalue weighted by molar-refractivity contribution is 0.0959. The number of carbonyl (C=O) groups excluding carboxylic acids is 2. The Bertz CT molecular complexity index is 1130. The maximum atomic E-state index is 13.7. The average Bonchev–Trinajstić information content (AvgIpc) is 2.78. The molecule has 3 aromatic rings. The molecule has 0 spiro atoms. The fraction of sp³-hybridized carbons (Fsp3) is 0.160.